The summed E-state index contributed by atoms with van der Waals surface area (Å²) in [5.41, 5.74) is 7.41. The Hall–Kier alpha value is -2.71. The van der Waals surface area contributed by atoms with Crippen LogP contribution < -0.4 is 10.9 Å². The van der Waals surface area contributed by atoms with Crippen molar-refractivity contribution in [2.75, 3.05) is 13.1 Å². The predicted octanol–water partition coefficient (Wildman–Crippen LogP) is 2.56. The van der Waals surface area contributed by atoms with Crippen LogP contribution in [0.1, 0.15) is 47.2 Å². The van der Waals surface area contributed by atoms with E-state index in [-0.39, 0.29) is 16.4 Å². The minimum Gasteiger partial charge on any atom is -0.273 e. The molecule has 0 saturated carbocycles. The summed E-state index contributed by atoms with van der Waals surface area (Å²) in [6.07, 6.45) is 3.48. The van der Waals surface area contributed by atoms with Gasteiger partial charge in [-0.3, -0.25) is 20.4 Å². The van der Waals surface area contributed by atoms with Gasteiger partial charge in [0.25, 0.3) is 5.91 Å². The molecular formula is C22H27N3O4S. The lowest BCUT2D eigenvalue weighted by Gasteiger charge is -2.15. The quantitative estimate of drug-likeness (QED) is 0.661. The largest absolute Gasteiger partial charge is 0.273 e. The van der Waals surface area contributed by atoms with Crippen LogP contribution in [0.15, 0.2) is 53.4 Å². The Balaban J connectivity index is 1.45. The minimum atomic E-state index is -3.51. The van der Waals surface area contributed by atoms with Gasteiger partial charge < -0.3 is 0 Å². The molecule has 7 nitrogen and oxygen atoms in total. The van der Waals surface area contributed by atoms with Crippen LogP contribution in [0, 0.1) is 6.92 Å². The van der Waals surface area contributed by atoms with E-state index in [0.717, 1.165) is 19.3 Å². The van der Waals surface area contributed by atoms with Gasteiger partial charge in [0.15, 0.2) is 0 Å². The summed E-state index contributed by atoms with van der Waals surface area (Å²) in [4.78, 5) is 24.3. The van der Waals surface area contributed by atoms with Crippen molar-refractivity contribution in [3.8, 4) is 0 Å². The number of hydrogen-bond donors (Lipinski definition) is 2. The summed E-state index contributed by atoms with van der Waals surface area (Å²) in [6, 6.07) is 13.9. The first-order valence-corrected chi connectivity index (χ1v) is 11.6. The average molecular weight is 430 g/mol. The van der Waals surface area contributed by atoms with Crippen LogP contribution >= 0.6 is 0 Å². The van der Waals surface area contributed by atoms with Crippen molar-refractivity contribution < 1.29 is 18.0 Å². The van der Waals surface area contributed by atoms with E-state index in [1.807, 2.05) is 31.2 Å². The van der Waals surface area contributed by atoms with E-state index in [4.69, 9.17) is 0 Å². The first-order chi connectivity index (χ1) is 14.4. The molecule has 0 spiro atoms. The van der Waals surface area contributed by atoms with Crippen molar-refractivity contribution in [2.45, 2.75) is 43.9 Å². The van der Waals surface area contributed by atoms with E-state index in [1.165, 1.54) is 39.7 Å². The predicted molar refractivity (Wildman–Crippen MR) is 114 cm³/mol. The number of hydrogen-bond acceptors (Lipinski definition) is 4. The lowest BCUT2D eigenvalue weighted by Crippen LogP contribution is -2.41. The summed E-state index contributed by atoms with van der Waals surface area (Å²) in [5.74, 6) is -0.768. The third-order valence-corrected chi connectivity index (χ3v) is 7.04. The molecule has 160 valence electrons. The molecule has 1 aliphatic rings. The summed E-state index contributed by atoms with van der Waals surface area (Å²) in [5, 5.41) is 0. The van der Waals surface area contributed by atoms with Crippen molar-refractivity contribution in [1.29, 1.82) is 0 Å². The number of aryl methyl sites for hydroxylation is 2. The zero-order chi connectivity index (χ0) is 21.6. The molecule has 0 unspecified atom stereocenters. The molecule has 3 rings (SSSR count). The van der Waals surface area contributed by atoms with E-state index in [1.54, 1.807) is 0 Å². The number of hydrazine groups is 1. The number of benzene rings is 2. The van der Waals surface area contributed by atoms with Crippen LogP contribution in [0.25, 0.3) is 0 Å². The van der Waals surface area contributed by atoms with Gasteiger partial charge in [0.05, 0.1) is 4.90 Å². The molecule has 1 heterocycles. The van der Waals surface area contributed by atoms with Crippen LogP contribution in [0.2, 0.25) is 0 Å². The molecule has 0 atom stereocenters. The number of nitrogens with zero attached hydrogens (tertiary/aromatic N) is 1. The van der Waals surface area contributed by atoms with Crippen molar-refractivity contribution in [3.05, 3.63) is 65.2 Å². The van der Waals surface area contributed by atoms with Gasteiger partial charge in [-0.05, 0) is 62.4 Å². The Morgan fingerprint density at radius 1 is 0.933 bits per heavy atom. The molecule has 2 N–H and O–H groups in total. The molecule has 0 bridgehead atoms. The van der Waals surface area contributed by atoms with Crippen LogP contribution in [0.4, 0.5) is 0 Å². The lowest BCUT2D eigenvalue weighted by molar-refractivity contribution is -0.121. The first-order valence-electron chi connectivity index (χ1n) is 10.1. The van der Waals surface area contributed by atoms with Crippen molar-refractivity contribution in [3.63, 3.8) is 0 Å². The van der Waals surface area contributed by atoms with Gasteiger partial charge in [0.2, 0.25) is 15.9 Å². The highest BCUT2D eigenvalue weighted by atomic mass is 32.2. The number of carbonyl (C=O) groups excluding carboxylic acids is 2. The van der Waals surface area contributed by atoms with Crippen LogP contribution in [-0.4, -0.2) is 37.6 Å². The highest BCUT2D eigenvalue weighted by Crippen LogP contribution is 2.21. The smallest absolute Gasteiger partial charge is 0.269 e. The zero-order valence-corrected chi connectivity index (χ0v) is 17.9. The summed E-state index contributed by atoms with van der Waals surface area (Å²) < 4.78 is 26.5. The molecule has 2 amide bonds. The van der Waals surface area contributed by atoms with Gasteiger partial charge in [-0.25, -0.2) is 8.42 Å². The Bertz CT molecular complexity index is 980. The van der Waals surface area contributed by atoms with Gasteiger partial charge in [-0.2, -0.15) is 4.31 Å². The summed E-state index contributed by atoms with van der Waals surface area (Å²) in [6.45, 7) is 3.08. The number of sulfonamides is 1. The fraction of sp³-hybridized carbons (Fsp3) is 0.364. The van der Waals surface area contributed by atoms with E-state index >= 15 is 0 Å². The fourth-order valence-electron chi connectivity index (χ4n) is 3.32. The molecule has 1 fully saturated rings. The standard InChI is InChI=1S/C22H27N3O4S/c1-17-7-9-18(10-8-17)5-4-6-21(26)23-24-22(27)19-11-13-20(14-12-19)30(28,29)25-15-2-3-16-25/h7-14H,2-6,15-16H2,1H3,(H,23,26)(H,24,27). The molecule has 0 aliphatic carbocycles. The van der Waals surface area contributed by atoms with E-state index < -0.39 is 15.9 Å². The Morgan fingerprint density at radius 3 is 2.20 bits per heavy atom. The van der Waals surface area contributed by atoms with Crippen LogP contribution in [0.3, 0.4) is 0 Å². The molecule has 0 radical (unpaired) electrons. The third-order valence-electron chi connectivity index (χ3n) is 5.12. The third kappa shape index (κ3) is 5.67. The maximum Gasteiger partial charge on any atom is 0.269 e. The number of amides is 2. The van der Waals surface area contributed by atoms with Crippen LogP contribution in [0.5, 0.6) is 0 Å². The van der Waals surface area contributed by atoms with Crippen LogP contribution in [-0.2, 0) is 21.2 Å². The second-order valence-corrected chi connectivity index (χ2v) is 9.41. The van der Waals surface area contributed by atoms with Gasteiger partial charge in [0.1, 0.15) is 0 Å². The molecule has 2 aromatic carbocycles. The Labute approximate surface area is 177 Å². The maximum absolute atomic E-state index is 12.5. The molecule has 30 heavy (non-hydrogen) atoms. The van der Waals surface area contributed by atoms with E-state index in [0.29, 0.717) is 25.9 Å². The number of carbonyl (C=O) groups is 2. The number of rotatable bonds is 7. The zero-order valence-electron chi connectivity index (χ0n) is 17.1. The van der Waals surface area contributed by atoms with Gasteiger partial charge in [-0.1, -0.05) is 29.8 Å². The van der Waals surface area contributed by atoms with Gasteiger partial charge >= 0.3 is 0 Å². The summed E-state index contributed by atoms with van der Waals surface area (Å²) in [7, 11) is -3.51. The van der Waals surface area contributed by atoms with Crippen molar-refractivity contribution in [2.24, 2.45) is 0 Å². The topological polar surface area (TPSA) is 95.6 Å². The SMILES string of the molecule is Cc1ccc(CCCC(=O)NNC(=O)c2ccc(S(=O)(=O)N3CCCC3)cc2)cc1. The van der Waals surface area contributed by atoms with Crippen molar-refractivity contribution in [1.82, 2.24) is 15.2 Å². The van der Waals surface area contributed by atoms with Gasteiger partial charge in [-0.15, -0.1) is 0 Å². The molecule has 1 aliphatic heterocycles. The van der Waals surface area contributed by atoms with Crippen molar-refractivity contribution >= 4 is 21.8 Å². The Morgan fingerprint density at radius 2 is 1.57 bits per heavy atom. The molecule has 8 heteroatoms. The molecular weight excluding hydrogens is 402 g/mol. The fourth-order valence-corrected chi connectivity index (χ4v) is 4.84. The first kappa shape index (κ1) is 22.0. The number of nitrogens with one attached hydrogen (secondary N) is 2. The highest BCUT2D eigenvalue weighted by molar-refractivity contribution is 7.89. The van der Waals surface area contributed by atoms with E-state index in [9.17, 15) is 18.0 Å². The molecule has 0 aromatic heterocycles. The minimum absolute atomic E-state index is 0.168. The normalized spacial score (nSPS) is 14.4. The lowest BCUT2D eigenvalue weighted by atomic mass is 10.1. The highest BCUT2D eigenvalue weighted by Gasteiger charge is 2.27. The maximum atomic E-state index is 12.5. The van der Waals surface area contributed by atoms with E-state index in [2.05, 4.69) is 10.9 Å². The molecule has 1 saturated heterocycles. The van der Waals surface area contributed by atoms with Gasteiger partial charge in [0, 0.05) is 25.1 Å². The second kappa shape index (κ2) is 9.86. The molecule has 2 aromatic rings. The summed E-state index contributed by atoms with van der Waals surface area (Å²) >= 11 is 0. The monoisotopic (exact) mass is 429 g/mol. The second-order valence-electron chi connectivity index (χ2n) is 7.48. The Kier molecular flexibility index (Phi) is 7.23. The average Bonchev–Trinajstić information content (AvgIpc) is 3.29.